The topological polar surface area (TPSA) is 71.4 Å². The first-order chi connectivity index (χ1) is 11.7. The number of rotatable bonds is 7. The van der Waals surface area contributed by atoms with E-state index in [1.54, 1.807) is 7.05 Å². The van der Waals surface area contributed by atoms with E-state index in [1.165, 1.54) is 0 Å². The van der Waals surface area contributed by atoms with E-state index < -0.39 is 0 Å². The van der Waals surface area contributed by atoms with Crippen LogP contribution in [0.5, 0.6) is 5.88 Å². The third-order valence-corrected chi connectivity index (χ3v) is 3.24. The van der Waals surface area contributed by atoms with Gasteiger partial charge in [0.1, 0.15) is 0 Å². The van der Waals surface area contributed by atoms with Gasteiger partial charge in [0.15, 0.2) is 5.96 Å². The van der Waals surface area contributed by atoms with Crippen molar-refractivity contribution in [3.05, 3.63) is 54.0 Å². The minimum atomic E-state index is 0. The summed E-state index contributed by atoms with van der Waals surface area (Å²) in [6, 6.07) is 9.81. The summed E-state index contributed by atoms with van der Waals surface area (Å²) in [6.07, 6.45) is 4.60. The maximum atomic E-state index is 5.54. The lowest BCUT2D eigenvalue weighted by molar-refractivity contribution is 0.232. The number of ether oxygens (including phenoxy) is 1. The van der Waals surface area contributed by atoms with Crippen molar-refractivity contribution in [1.29, 1.82) is 0 Å². The molecule has 0 unspecified atom stereocenters. The van der Waals surface area contributed by atoms with Crippen molar-refractivity contribution in [3.8, 4) is 5.88 Å². The molecule has 2 N–H and O–H groups in total. The van der Waals surface area contributed by atoms with Crippen LogP contribution in [0.15, 0.2) is 47.7 Å². The van der Waals surface area contributed by atoms with Crippen molar-refractivity contribution < 1.29 is 4.74 Å². The molecule has 0 saturated heterocycles. The molecule has 0 bridgehead atoms. The van der Waals surface area contributed by atoms with Gasteiger partial charge in [0.25, 0.3) is 0 Å². The van der Waals surface area contributed by atoms with E-state index >= 15 is 0 Å². The van der Waals surface area contributed by atoms with E-state index in [0.29, 0.717) is 12.4 Å². The summed E-state index contributed by atoms with van der Waals surface area (Å²) in [5.41, 5.74) is 2.13. The molecule has 136 valence electrons. The van der Waals surface area contributed by atoms with Crippen molar-refractivity contribution in [2.24, 2.45) is 4.99 Å². The summed E-state index contributed by atoms with van der Waals surface area (Å²) in [5, 5.41) is 6.55. The largest absolute Gasteiger partial charge is 0.475 e. The number of hydrogen-bond donors (Lipinski definition) is 2. The van der Waals surface area contributed by atoms with Crippen molar-refractivity contribution >= 4 is 29.9 Å². The van der Waals surface area contributed by atoms with Gasteiger partial charge in [0.2, 0.25) is 5.88 Å². The molecule has 0 spiro atoms. The average Bonchev–Trinajstić information content (AvgIpc) is 2.59. The molecule has 6 nitrogen and oxygen atoms in total. The van der Waals surface area contributed by atoms with Gasteiger partial charge in [-0.3, -0.25) is 9.98 Å². The molecule has 0 amide bonds. The number of aliphatic imine (C=N–C) groups is 1. The number of halogens is 1. The van der Waals surface area contributed by atoms with Crippen LogP contribution in [0.3, 0.4) is 0 Å². The molecule has 0 atom stereocenters. The van der Waals surface area contributed by atoms with Gasteiger partial charge in [-0.25, -0.2) is 4.98 Å². The summed E-state index contributed by atoms with van der Waals surface area (Å²) in [5.74, 6) is 1.40. The summed E-state index contributed by atoms with van der Waals surface area (Å²) in [4.78, 5) is 12.8. The monoisotopic (exact) mass is 455 g/mol. The van der Waals surface area contributed by atoms with E-state index in [1.807, 2.05) is 56.6 Å². The van der Waals surface area contributed by atoms with Crippen LogP contribution in [-0.2, 0) is 13.0 Å². The molecule has 0 aliphatic heterocycles. The second-order valence-corrected chi connectivity index (χ2v) is 5.59. The molecule has 0 aliphatic carbocycles. The van der Waals surface area contributed by atoms with Gasteiger partial charge in [-0.15, -0.1) is 24.0 Å². The Bertz CT molecular complexity index is 632. The SMILES string of the molecule is CN=C(NCCc1ccccn1)NCc1ccc(OC(C)C)nc1.I. The molecule has 0 radical (unpaired) electrons. The zero-order valence-corrected chi connectivity index (χ0v) is 17.2. The second-order valence-electron chi connectivity index (χ2n) is 5.59. The van der Waals surface area contributed by atoms with Crippen LogP contribution in [0.1, 0.15) is 25.1 Å². The van der Waals surface area contributed by atoms with Crippen molar-refractivity contribution in [2.75, 3.05) is 13.6 Å². The van der Waals surface area contributed by atoms with Crippen LogP contribution < -0.4 is 15.4 Å². The number of aromatic nitrogens is 2. The predicted octanol–water partition coefficient (Wildman–Crippen LogP) is 2.79. The third kappa shape index (κ3) is 8.15. The summed E-state index contributed by atoms with van der Waals surface area (Å²) >= 11 is 0. The first-order valence-corrected chi connectivity index (χ1v) is 8.13. The molecule has 7 heteroatoms. The quantitative estimate of drug-likeness (QED) is 0.382. The van der Waals surface area contributed by atoms with E-state index in [0.717, 1.165) is 30.2 Å². The van der Waals surface area contributed by atoms with Crippen molar-refractivity contribution in [2.45, 2.75) is 32.9 Å². The van der Waals surface area contributed by atoms with E-state index in [2.05, 4.69) is 25.6 Å². The fraction of sp³-hybridized carbons (Fsp3) is 0.389. The Morgan fingerprint density at radius 3 is 2.60 bits per heavy atom. The van der Waals surface area contributed by atoms with Crippen LogP contribution in [0.4, 0.5) is 0 Å². The molecular formula is C18H26IN5O. The Hall–Kier alpha value is -1.90. The fourth-order valence-electron chi connectivity index (χ4n) is 2.09. The first-order valence-electron chi connectivity index (χ1n) is 8.13. The lowest BCUT2D eigenvalue weighted by Crippen LogP contribution is -2.37. The molecule has 25 heavy (non-hydrogen) atoms. The molecule has 0 saturated carbocycles. The highest BCUT2D eigenvalue weighted by molar-refractivity contribution is 14.0. The smallest absolute Gasteiger partial charge is 0.213 e. The normalized spacial score (nSPS) is 11.0. The predicted molar refractivity (Wildman–Crippen MR) is 112 cm³/mol. The highest BCUT2D eigenvalue weighted by Crippen LogP contribution is 2.09. The van der Waals surface area contributed by atoms with Crippen LogP contribution in [0.25, 0.3) is 0 Å². The van der Waals surface area contributed by atoms with Gasteiger partial charge >= 0.3 is 0 Å². The number of hydrogen-bond acceptors (Lipinski definition) is 4. The Morgan fingerprint density at radius 1 is 1.16 bits per heavy atom. The minimum Gasteiger partial charge on any atom is -0.475 e. The Kier molecular flexibility index (Phi) is 9.83. The van der Waals surface area contributed by atoms with Crippen LogP contribution in [0.2, 0.25) is 0 Å². The fourth-order valence-corrected chi connectivity index (χ4v) is 2.09. The average molecular weight is 455 g/mol. The number of pyridine rings is 2. The van der Waals surface area contributed by atoms with Crippen LogP contribution in [0, 0.1) is 0 Å². The van der Waals surface area contributed by atoms with Gasteiger partial charge in [0, 0.05) is 50.7 Å². The Morgan fingerprint density at radius 2 is 2.00 bits per heavy atom. The molecule has 0 aliphatic rings. The van der Waals surface area contributed by atoms with Gasteiger partial charge in [-0.2, -0.15) is 0 Å². The molecule has 2 rings (SSSR count). The van der Waals surface area contributed by atoms with E-state index in [-0.39, 0.29) is 30.1 Å². The number of guanidine groups is 1. The standard InChI is InChI=1S/C18H25N5O.HI/c1-14(2)24-17-8-7-15(12-22-17)13-23-18(19-3)21-11-9-16-6-4-5-10-20-16;/h4-8,10,12,14H,9,11,13H2,1-3H3,(H2,19,21,23);1H. The molecule has 2 aromatic rings. The van der Waals surface area contributed by atoms with Gasteiger partial charge in [-0.05, 0) is 31.5 Å². The number of nitrogens with one attached hydrogen (secondary N) is 2. The minimum absolute atomic E-state index is 0. The summed E-state index contributed by atoms with van der Waals surface area (Å²) in [7, 11) is 1.76. The van der Waals surface area contributed by atoms with Crippen molar-refractivity contribution in [1.82, 2.24) is 20.6 Å². The van der Waals surface area contributed by atoms with E-state index in [4.69, 9.17) is 4.74 Å². The van der Waals surface area contributed by atoms with E-state index in [9.17, 15) is 0 Å². The highest BCUT2D eigenvalue weighted by Gasteiger charge is 2.02. The zero-order chi connectivity index (χ0) is 17.2. The van der Waals surface area contributed by atoms with Crippen LogP contribution >= 0.6 is 24.0 Å². The third-order valence-electron chi connectivity index (χ3n) is 3.24. The molecule has 0 fully saturated rings. The maximum Gasteiger partial charge on any atom is 0.213 e. The first kappa shape index (κ1) is 21.1. The Labute approximate surface area is 166 Å². The lowest BCUT2D eigenvalue weighted by Gasteiger charge is -2.12. The second kappa shape index (κ2) is 11.6. The number of nitrogens with zero attached hydrogens (tertiary/aromatic N) is 3. The van der Waals surface area contributed by atoms with Gasteiger partial charge in [-0.1, -0.05) is 12.1 Å². The molecule has 2 aromatic heterocycles. The molecular weight excluding hydrogens is 429 g/mol. The Balaban J connectivity index is 0.00000312. The molecule has 2 heterocycles. The van der Waals surface area contributed by atoms with Crippen LogP contribution in [-0.4, -0.2) is 35.6 Å². The summed E-state index contributed by atoms with van der Waals surface area (Å²) in [6.45, 7) is 5.39. The molecule has 0 aromatic carbocycles. The zero-order valence-electron chi connectivity index (χ0n) is 14.9. The van der Waals surface area contributed by atoms with Gasteiger partial charge < -0.3 is 15.4 Å². The summed E-state index contributed by atoms with van der Waals surface area (Å²) < 4.78 is 5.54. The van der Waals surface area contributed by atoms with Crippen molar-refractivity contribution in [3.63, 3.8) is 0 Å². The van der Waals surface area contributed by atoms with Gasteiger partial charge in [0.05, 0.1) is 6.10 Å². The maximum absolute atomic E-state index is 5.54. The lowest BCUT2D eigenvalue weighted by atomic mass is 10.3. The highest BCUT2D eigenvalue weighted by atomic mass is 127.